The summed E-state index contributed by atoms with van der Waals surface area (Å²) in [5, 5.41) is 13.1. The highest BCUT2D eigenvalue weighted by atomic mass is 35.5. The van der Waals surface area contributed by atoms with Gasteiger partial charge in [-0.2, -0.15) is 10.2 Å². The number of halogens is 1. The van der Waals surface area contributed by atoms with Gasteiger partial charge in [0.15, 0.2) is 11.5 Å². The largest absolute Gasteiger partial charge is 0.493 e. The van der Waals surface area contributed by atoms with Crippen molar-refractivity contribution in [3.05, 3.63) is 97.9 Å². The van der Waals surface area contributed by atoms with Crippen LogP contribution in [0.25, 0.3) is 11.3 Å². The number of benzene rings is 2. The third-order valence-electron chi connectivity index (χ3n) is 6.06. The number of aromatic nitrogens is 2. The van der Waals surface area contributed by atoms with Crippen LogP contribution in [0.15, 0.2) is 82.0 Å². The van der Waals surface area contributed by atoms with Gasteiger partial charge in [-0.15, -0.1) is 11.3 Å². The fourth-order valence-electron chi connectivity index (χ4n) is 4.19. The molecule has 2 aromatic carbocycles. The maximum absolute atomic E-state index is 13.6. The summed E-state index contributed by atoms with van der Waals surface area (Å²) >= 11 is 7.56. The minimum Gasteiger partial charge on any atom is -0.493 e. The van der Waals surface area contributed by atoms with Gasteiger partial charge in [0.2, 0.25) is 0 Å². The Kier molecular flexibility index (Phi) is 7.07. The van der Waals surface area contributed by atoms with Crippen LogP contribution in [-0.4, -0.2) is 40.6 Å². The molecule has 0 saturated carbocycles. The highest BCUT2D eigenvalue weighted by Crippen LogP contribution is 2.38. The fourth-order valence-corrected chi connectivity index (χ4v) is 5.04. The number of thiophene rings is 1. The fraction of sp³-hybridized carbons (Fsp3) is 0.185. The van der Waals surface area contributed by atoms with Crippen molar-refractivity contribution in [1.29, 1.82) is 0 Å². The van der Waals surface area contributed by atoms with Crippen molar-refractivity contribution in [3.63, 3.8) is 0 Å². The molecule has 0 aliphatic carbocycles. The summed E-state index contributed by atoms with van der Waals surface area (Å²) in [6.45, 7) is -0.259. The second-order valence-corrected chi connectivity index (χ2v) is 9.70. The van der Waals surface area contributed by atoms with Crippen LogP contribution in [-0.2, 0) is 11.3 Å². The molecule has 2 aromatic heterocycles. The van der Waals surface area contributed by atoms with E-state index in [0.717, 1.165) is 26.4 Å². The van der Waals surface area contributed by atoms with Gasteiger partial charge in [0, 0.05) is 23.1 Å². The number of carbonyl (C=O) groups is 1. The summed E-state index contributed by atoms with van der Waals surface area (Å²) in [6.07, 6.45) is 0.523. The van der Waals surface area contributed by atoms with Crippen LogP contribution in [0.3, 0.4) is 0 Å². The van der Waals surface area contributed by atoms with Gasteiger partial charge in [-0.25, -0.2) is 9.69 Å². The Bertz CT molecular complexity index is 1520. The average molecular weight is 535 g/mol. The Morgan fingerprint density at radius 2 is 1.84 bits per heavy atom. The Balaban J connectivity index is 1.47. The first-order valence-electron chi connectivity index (χ1n) is 11.5. The van der Waals surface area contributed by atoms with Gasteiger partial charge in [-0.3, -0.25) is 9.59 Å². The van der Waals surface area contributed by atoms with Crippen molar-refractivity contribution >= 4 is 34.6 Å². The average Bonchev–Trinajstić information content (AvgIpc) is 3.60. The van der Waals surface area contributed by atoms with E-state index in [1.807, 2.05) is 47.8 Å². The lowest BCUT2D eigenvalue weighted by molar-refractivity contribution is -0.133. The molecule has 0 radical (unpaired) electrons. The first kappa shape index (κ1) is 24.7. The van der Waals surface area contributed by atoms with E-state index in [2.05, 4.69) is 10.2 Å². The molecule has 3 heterocycles. The van der Waals surface area contributed by atoms with E-state index in [4.69, 9.17) is 21.1 Å². The van der Waals surface area contributed by atoms with Gasteiger partial charge in [0.05, 0.1) is 36.5 Å². The number of ether oxygens (including phenoxy) is 2. The third-order valence-corrected chi connectivity index (χ3v) is 7.23. The van der Waals surface area contributed by atoms with Crippen LogP contribution in [0.2, 0.25) is 5.02 Å². The van der Waals surface area contributed by atoms with Crippen molar-refractivity contribution in [2.24, 2.45) is 5.10 Å². The first-order chi connectivity index (χ1) is 18.0. The second kappa shape index (κ2) is 10.6. The predicted octanol–water partition coefficient (Wildman–Crippen LogP) is 5.02. The monoisotopic (exact) mass is 534 g/mol. The van der Waals surface area contributed by atoms with Crippen LogP contribution in [0.1, 0.15) is 22.9 Å². The lowest BCUT2D eigenvalue weighted by Crippen LogP contribution is -2.35. The first-order valence-corrected chi connectivity index (χ1v) is 12.7. The molecule has 0 fully saturated rings. The lowest BCUT2D eigenvalue weighted by atomic mass is 10.0. The Labute approximate surface area is 222 Å². The SMILES string of the molecule is COc1ccc(C2CC(c3cccs3)=NN2C(=O)Cn2nc(-c3ccc(Cl)cc3)ccc2=O)cc1OC. The molecule has 1 amide bonds. The van der Waals surface area contributed by atoms with E-state index in [0.29, 0.717) is 28.6 Å². The van der Waals surface area contributed by atoms with Crippen LogP contribution < -0.4 is 15.0 Å². The molecule has 1 aliphatic rings. The quantitative estimate of drug-likeness (QED) is 0.332. The molecule has 10 heteroatoms. The number of hydrogen-bond donors (Lipinski definition) is 0. The van der Waals surface area contributed by atoms with Gasteiger partial charge >= 0.3 is 0 Å². The molecular weight excluding hydrogens is 512 g/mol. The maximum Gasteiger partial charge on any atom is 0.267 e. The third kappa shape index (κ3) is 5.14. The standard InChI is InChI=1S/C27H23ClN4O4S/c1-35-23-11-7-18(14-24(23)36-2)22-15-21(25-4-3-13-37-25)30-32(22)27(34)16-31-26(33)12-10-20(29-31)17-5-8-19(28)9-6-17/h3-14,22H,15-16H2,1-2H3. The van der Waals surface area contributed by atoms with Crippen molar-refractivity contribution in [3.8, 4) is 22.8 Å². The van der Waals surface area contributed by atoms with Crippen LogP contribution >= 0.6 is 22.9 Å². The van der Waals surface area contributed by atoms with Gasteiger partial charge in [-0.1, -0.05) is 35.9 Å². The van der Waals surface area contributed by atoms with Crippen molar-refractivity contribution < 1.29 is 14.3 Å². The minimum absolute atomic E-state index is 0.259. The smallest absolute Gasteiger partial charge is 0.267 e. The Hall–Kier alpha value is -3.95. The number of rotatable bonds is 7. The molecule has 188 valence electrons. The molecule has 5 rings (SSSR count). The van der Waals surface area contributed by atoms with E-state index in [-0.39, 0.29) is 24.1 Å². The molecule has 1 aliphatic heterocycles. The highest BCUT2D eigenvalue weighted by Gasteiger charge is 2.34. The molecule has 4 aromatic rings. The van der Waals surface area contributed by atoms with Crippen LogP contribution in [0.5, 0.6) is 11.5 Å². The molecule has 0 N–H and O–H groups in total. The van der Waals surface area contributed by atoms with Gasteiger partial charge < -0.3 is 9.47 Å². The number of carbonyl (C=O) groups excluding carboxylic acids is 1. The van der Waals surface area contributed by atoms with Gasteiger partial charge in [-0.05, 0) is 47.3 Å². The van der Waals surface area contributed by atoms with Gasteiger partial charge in [0.1, 0.15) is 6.54 Å². The molecule has 0 spiro atoms. The summed E-state index contributed by atoms with van der Waals surface area (Å²) in [5.74, 6) is 0.802. The highest BCUT2D eigenvalue weighted by molar-refractivity contribution is 7.12. The second-order valence-electron chi connectivity index (χ2n) is 8.32. The number of hydrazone groups is 1. The molecule has 0 saturated heterocycles. The van der Waals surface area contributed by atoms with Crippen molar-refractivity contribution in [2.45, 2.75) is 19.0 Å². The number of methoxy groups -OCH3 is 2. The molecule has 1 unspecified atom stereocenters. The zero-order chi connectivity index (χ0) is 25.9. The summed E-state index contributed by atoms with van der Waals surface area (Å²) in [4.78, 5) is 27.2. The summed E-state index contributed by atoms with van der Waals surface area (Å²) in [7, 11) is 3.14. The van der Waals surface area contributed by atoms with E-state index in [1.165, 1.54) is 11.1 Å². The summed E-state index contributed by atoms with van der Waals surface area (Å²) < 4.78 is 12.0. The van der Waals surface area contributed by atoms with E-state index >= 15 is 0 Å². The maximum atomic E-state index is 13.6. The number of hydrogen-bond acceptors (Lipinski definition) is 7. The topological polar surface area (TPSA) is 86.0 Å². The molecule has 8 nitrogen and oxygen atoms in total. The molecule has 1 atom stereocenters. The van der Waals surface area contributed by atoms with E-state index in [9.17, 15) is 9.59 Å². The Morgan fingerprint density at radius 3 is 2.54 bits per heavy atom. The molecular formula is C27H23ClN4O4S. The van der Waals surface area contributed by atoms with E-state index in [1.54, 1.807) is 43.8 Å². The van der Waals surface area contributed by atoms with Crippen molar-refractivity contribution in [1.82, 2.24) is 14.8 Å². The zero-order valence-electron chi connectivity index (χ0n) is 20.1. The van der Waals surface area contributed by atoms with Crippen LogP contribution in [0, 0.1) is 0 Å². The Morgan fingerprint density at radius 1 is 1.05 bits per heavy atom. The zero-order valence-corrected chi connectivity index (χ0v) is 21.7. The molecule has 0 bridgehead atoms. The molecule has 37 heavy (non-hydrogen) atoms. The number of amides is 1. The van der Waals surface area contributed by atoms with Crippen molar-refractivity contribution in [2.75, 3.05) is 14.2 Å². The normalized spacial score (nSPS) is 14.9. The minimum atomic E-state index is -0.379. The van der Waals surface area contributed by atoms with Crippen LogP contribution in [0.4, 0.5) is 0 Å². The predicted molar refractivity (Wildman–Crippen MR) is 144 cm³/mol. The van der Waals surface area contributed by atoms with Gasteiger partial charge in [0.25, 0.3) is 11.5 Å². The summed E-state index contributed by atoms with van der Waals surface area (Å²) in [5.41, 5.74) is 2.61. The number of nitrogens with zero attached hydrogens (tertiary/aromatic N) is 4. The lowest BCUT2D eigenvalue weighted by Gasteiger charge is -2.23. The summed E-state index contributed by atoms with van der Waals surface area (Å²) in [6, 6.07) is 19.3. The van der Waals surface area contributed by atoms with E-state index < -0.39 is 0 Å².